The topological polar surface area (TPSA) is 82.5 Å². The highest BCUT2D eigenvalue weighted by molar-refractivity contribution is 5.99. The van der Waals surface area contributed by atoms with Crippen LogP contribution in [0.15, 0.2) is 30.3 Å². The number of Topliss-reactive ketones (excluding diaryl/α,β-unsaturated/α-hetero) is 1. The van der Waals surface area contributed by atoms with Crippen molar-refractivity contribution < 1.29 is 19.1 Å². The standard InChI is InChI=1S/C21H25N3O4/c1-4-18(25)16-9-17(21(26)22-20-14-10-28-11-15(14)20)24(23-16)12(2)13-7-5-6-8-19(13)27-3/h5-9,12,14-15,20H,4,10-11H2,1-3H3,(H,22,26)/t12-,14-,15+,20?/m0/s1. The first-order valence-corrected chi connectivity index (χ1v) is 9.69. The maximum Gasteiger partial charge on any atom is 0.269 e. The molecule has 1 aromatic carbocycles. The zero-order chi connectivity index (χ0) is 19.8. The van der Waals surface area contributed by atoms with Gasteiger partial charge in [-0.25, -0.2) is 0 Å². The Morgan fingerprint density at radius 2 is 2.04 bits per heavy atom. The third-order valence-electron chi connectivity index (χ3n) is 5.78. The van der Waals surface area contributed by atoms with Gasteiger partial charge in [0.1, 0.15) is 17.1 Å². The van der Waals surface area contributed by atoms with Gasteiger partial charge in [-0.15, -0.1) is 0 Å². The van der Waals surface area contributed by atoms with Crippen LogP contribution >= 0.6 is 0 Å². The molecule has 2 heterocycles. The number of aromatic nitrogens is 2. The fourth-order valence-electron chi connectivity index (χ4n) is 4.00. The maximum absolute atomic E-state index is 13.0. The van der Waals surface area contributed by atoms with E-state index in [9.17, 15) is 9.59 Å². The molecule has 7 nitrogen and oxygen atoms in total. The summed E-state index contributed by atoms with van der Waals surface area (Å²) in [4.78, 5) is 25.2. The second-order valence-corrected chi connectivity index (χ2v) is 7.42. The number of nitrogens with zero attached hydrogens (tertiary/aromatic N) is 2. The van der Waals surface area contributed by atoms with Crippen molar-refractivity contribution >= 4 is 11.7 Å². The molecule has 4 atom stereocenters. The number of carbonyl (C=O) groups is 2. The van der Waals surface area contributed by atoms with E-state index in [2.05, 4.69) is 10.4 Å². The van der Waals surface area contributed by atoms with Crippen molar-refractivity contribution in [1.29, 1.82) is 0 Å². The zero-order valence-electron chi connectivity index (χ0n) is 16.3. The molecule has 28 heavy (non-hydrogen) atoms. The summed E-state index contributed by atoms with van der Waals surface area (Å²) in [5.41, 5.74) is 1.60. The van der Waals surface area contributed by atoms with Crippen LogP contribution in [0.1, 0.15) is 52.9 Å². The van der Waals surface area contributed by atoms with Crippen molar-refractivity contribution in [2.75, 3.05) is 20.3 Å². The van der Waals surface area contributed by atoms with Crippen molar-refractivity contribution in [1.82, 2.24) is 15.1 Å². The first-order chi connectivity index (χ1) is 13.5. The molecule has 1 N–H and O–H groups in total. The molecule has 2 fully saturated rings. The van der Waals surface area contributed by atoms with Gasteiger partial charge in [0, 0.05) is 35.9 Å². The van der Waals surface area contributed by atoms with Crippen molar-refractivity contribution in [3.8, 4) is 5.75 Å². The molecule has 1 amide bonds. The first kappa shape index (κ1) is 18.7. The summed E-state index contributed by atoms with van der Waals surface area (Å²) in [5, 5.41) is 7.58. The van der Waals surface area contributed by atoms with Crippen LogP contribution < -0.4 is 10.1 Å². The van der Waals surface area contributed by atoms with Crippen molar-refractivity contribution in [3.05, 3.63) is 47.3 Å². The Bertz CT molecular complexity index is 897. The number of fused-ring (bicyclic) bond motifs is 1. The van der Waals surface area contributed by atoms with Gasteiger partial charge >= 0.3 is 0 Å². The Morgan fingerprint density at radius 1 is 1.32 bits per heavy atom. The summed E-state index contributed by atoms with van der Waals surface area (Å²) in [6.07, 6.45) is 0.339. The molecule has 2 aromatic rings. The quantitative estimate of drug-likeness (QED) is 0.743. The Labute approximate surface area is 164 Å². The van der Waals surface area contributed by atoms with Gasteiger partial charge in [-0.05, 0) is 13.0 Å². The number of rotatable bonds is 7. The molecule has 0 radical (unpaired) electrons. The van der Waals surface area contributed by atoms with Gasteiger partial charge in [0.15, 0.2) is 5.78 Å². The fraction of sp³-hybridized carbons (Fsp3) is 0.476. The SMILES string of the molecule is CCC(=O)c1cc(C(=O)NC2[C@H]3COC[C@@H]23)n([C@@H](C)c2ccccc2OC)n1. The summed E-state index contributed by atoms with van der Waals surface area (Å²) in [5.74, 6) is 1.24. The maximum atomic E-state index is 13.0. The van der Waals surface area contributed by atoms with Crippen molar-refractivity contribution in [3.63, 3.8) is 0 Å². The van der Waals surface area contributed by atoms with E-state index in [0.717, 1.165) is 5.56 Å². The molecule has 1 aliphatic heterocycles. The Hall–Kier alpha value is -2.67. The van der Waals surface area contributed by atoms with E-state index in [1.165, 1.54) is 0 Å². The van der Waals surface area contributed by atoms with E-state index >= 15 is 0 Å². The average molecular weight is 383 g/mol. The van der Waals surface area contributed by atoms with Crippen LogP contribution in [0.2, 0.25) is 0 Å². The number of carbonyl (C=O) groups excluding carboxylic acids is 2. The lowest BCUT2D eigenvalue weighted by atomic mass is 10.1. The van der Waals surface area contributed by atoms with Crippen molar-refractivity contribution in [2.24, 2.45) is 11.8 Å². The minimum Gasteiger partial charge on any atom is -0.496 e. The highest BCUT2D eigenvalue weighted by Crippen LogP contribution is 2.44. The molecule has 1 saturated carbocycles. The van der Waals surface area contributed by atoms with Crippen molar-refractivity contribution in [2.45, 2.75) is 32.4 Å². The van der Waals surface area contributed by atoms with Crippen LogP contribution in [0, 0.1) is 11.8 Å². The summed E-state index contributed by atoms with van der Waals surface area (Å²) < 4.78 is 12.5. The van der Waals surface area contributed by atoms with E-state index in [1.54, 1.807) is 24.8 Å². The molecule has 7 heteroatoms. The van der Waals surface area contributed by atoms with E-state index in [0.29, 0.717) is 48.6 Å². The smallest absolute Gasteiger partial charge is 0.269 e. The van der Waals surface area contributed by atoms with Crippen LogP contribution in [-0.4, -0.2) is 47.8 Å². The number of benzene rings is 1. The number of nitrogens with one attached hydrogen (secondary N) is 1. The molecule has 0 bridgehead atoms. The molecule has 0 spiro atoms. The molecule has 4 rings (SSSR count). The number of ketones is 1. The predicted molar refractivity (Wildman–Crippen MR) is 103 cm³/mol. The van der Waals surface area contributed by atoms with E-state index in [1.807, 2.05) is 31.2 Å². The van der Waals surface area contributed by atoms with Gasteiger partial charge in [-0.3, -0.25) is 14.3 Å². The van der Waals surface area contributed by atoms with Gasteiger partial charge in [0.05, 0.1) is 26.4 Å². The van der Waals surface area contributed by atoms with Gasteiger partial charge in [0.25, 0.3) is 5.91 Å². The normalized spacial score (nSPS) is 23.8. The summed E-state index contributed by atoms with van der Waals surface area (Å²) in [7, 11) is 1.61. The minimum atomic E-state index is -0.266. The minimum absolute atomic E-state index is 0.0864. The summed E-state index contributed by atoms with van der Waals surface area (Å²) >= 11 is 0. The second-order valence-electron chi connectivity index (χ2n) is 7.42. The second kappa shape index (κ2) is 7.39. The van der Waals surface area contributed by atoms with E-state index in [-0.39, 0.29) is 23.8 Å². The number of ether oxygens (including phenoxy) is 2. The highest BCUT2D eigenvalue weighted by Gasteiger charge is 2.55. The monoisotopic (exact) mass is 383 g/mol. The largest absolute Gasteiger partial charge is 0.496 e. The fourth-order valence-corrected chi connectivity index (χ4v) is 4.00. The summed E-state index contributed by atoms with van der Waals surface area (Å²) in [6.45, 7) is 5.13. The van der Waals surface area contributed by atoms with Gasteiger partial charge in [0.2, 0.25) is 0 Å². The lowest BCUT2D eigenvalue weighted by molar-refractivity contribution is 0.0916. The van der Waals surface area contributed by atoms with Crippen LogP contribution in [0.3, 0.4) is 0 Å². The molecular weight excluding hydrogens is 358 g/mol. The average Bonchev–Trinajstić information content (AvgIpc) is 3.13. The molecule has 1 aliphatic carbocycles. The molecule has 148 valence electrons. The first-order valence-electron chi connectivity index (χ1n) is 9.69. The third-order valence-corrected chi connectivity index (χ3v) is 5.78. The highest BCUT2D eigenvalue weighted by atomic mass is 16.5. The van der Waals surface area contributed by atoms with Crippen LogP contribution in [0.5, 0.6) is 5.75 Å². The van der Waals surface area contributed by atoms with Crippen LogP contribution in [0.25, 0.3) is 0 Å². The predicted octanol–water partition coefficient (Wildman–Crippen LogP) is 2.47. The number of hydrogen-bond donors (Lipinski definition) is 1. The number of hydrogen-bond acceptors (Lipinski definition) is 5. The van der Waals surface area contributed by atoms with E-state index in [4.69, 9.17) is 9.47 Å². The number of methoxy groups -OCH3 is 1. The van der Waals surface area contributed by atoms with Gasteiger partial charge < -0.3 is 14.8 Å². The molecule has 1 saturated heterocycles. The molecule has 1 aromatic heterocycles. The number of amides is 1. The van der Waals surface area contributed by atoms with E-state index < -0.39 is 0 Å². The van der Waals surface area contributed by atoms with Crippen LogP contribution in [0.4, 0.5) is 0 Å². The lowest BCUT2D eigenvalue weighted by Gasteiger charge is -2.18. The zero-order valence-corrected chi connectivity index (χ0v) is 16.3. The van der Waals surface area contributed by atoms with Crippen LogP contribution in [-0.2, 0) is 4.74 Å². The lowest BCUT2D eigenvalue weighted by Crippen LogP contribution is -2.32. The number of para-hydroxylation sites is 1. The molecular formula is C21H25N3O4. The summed E-state index contributed by atoms with van der Waals surface area (Å²) in [6, 6.07) is 9.11. The Morgan fingerprint density at radius 3 is 2.71 bits per heavy atom. The third kappa shape index (κ3) is 3.20. The molecule has 2 aliphatic rings. The van der Waals surface area contributed by atoms with Gasteiger partial charge in [-0.1, -0.05) is 25.1 Å². The Balaban J connectivity index is 1.66. The molecule has 1 unspecified atom stereocenters. The van der Waals surface area contributed by atoms with Gasteiger partial charge in [-0.2, -0.15) is 5.10 Å². The Kier molecular flexibility index (Phi) is 4.93.